The summed E-state index contributed by atoms with van der Waals surface area (Å²) in [5, 5.41) is 0.862. The van der Waals surface area contributed by atoms with Crippen molar-refractivity contribution in [2.45, 2.75) is 32.1 Å². The first-order valence-corrected chi connectivity index (χ1v) is 9.36. The summed E-state index contributed by atoms with van der Waals surface area (Å²) in [6, 6.07) is 14.0. The first kappa shape index (κ1) is 17.3. The Balaban J connectivity index is 1.39. The van der Waals surface area contributed by atoms with Gasteiger partial charge in [-0.2, -0.15) is 0 Å². The molecule has 0 fully saturated rings. The van der Waals surface area contributed by atoms with Crippen LogP contribution in [-0.2, 0) is 31.1 Å². The normalized spacial score (nSPS) is 13.2. The van der Waals surface area contributed by atoms with Gasteiger partial charge in [0.2, 0.25) is 5.91 Å². The van der Waals surface area contributed by atoms with Crippen LogP contribution in [0.5, 0.6) is 0 Å². The molecule has 5 heteroatoms. The molecular formula is C22H23N3O2. The van der Waals surface area contributed by atoms with Gasteiger partial charge in [-0.25, -0.2) is 0 Å². The lowest BCUT2D eigenvalue weighted by molar-refractivity contribution is -0.121. The van der Waals surface area contributed by atoms with Gasteiger partial charge < -0.3 is 4.57 Å². The van der Waals surface area contributed by atoms with Crippen LogP contribution in [0.4, 0.5) is 0 Å². The largest absolute Gasteiger partial charge is 0.350 e. The molecule has 1 aliphatic carbocycles. The molecule has 27 heavy (non-hydrogen) atoms. The summed E-state index contributed by atoms with van der Waals surface area (Å²) in [5.41, 5.74) is 10.3. The summed E-state index contributed by atoms with van der Waals surface area (Å²) in [6.07, 6.45) is 6.70. The number of hydrazine groups is 1. The van der Waals surface area contributed by atoms with Crippen LogP contribution in [0.3, 0.4) is 0 Å². The number of carbonyl (C=O) groups excluding carboxylic acids is 2. The molecule has 4 rings (SSSR count). The number of aromatic nitrogens is 1. The van der Waals surface area contributed by atoms with Gasteiger partial charge in [0, 0.05) is 24.1 Å². The Kier molecular flexibility index (Phi) is 4.67. The molecule has 2 aromatic carbocycles. The summed E-state index contributed by atoms with van der Waals surface area (Å²) in [7, 11) is 1.90. The second-order valence-corrected chi connectivity index (χ2v) is 7.16. The van der Waals surface area contributed by atoms with Crippen molar-refractivity contribution in [1.29, 1.82) is 0 Å². The number of fused-ring (bicyclic) bond motifs is 2. The van der Waals surface area contributed by atoms with Crippen molar-refractivity contribution in [3.05, 3.63) is 70.9 Å². The molecule has 2 N–H and O–H groups in total. The maximum absolute atomic E-state index is 12.5. The zero-order chi connectivity index (χ0) is 18.8. The zero-order valence-electron chi connectivity index (χ0n) is 15.4. The highest BCUT2D eigenvalue weighted by Crippen LogP contribution is 2.22. The average Bonchev–Trinajstić information content (AvgIpc) is 3.03. The summed E-state index contributed by atoms with van der Waals surface area (Å²) < 4.78 is 1.90. The molecule has 2 amide bonds. The van der Waals surface area contributed by atoms with Crippen LogP contribution in [0.1, 0.15) is 39.9 Å². The van der Waals surface area contributed by atoms with Gasteiger partial charge in [-0.1, -0.05) is 36.4 Å². The van der Waals surface area contributed by atoms with E-state index < -0.39 is 0 Å². The Hall–Kier alpha value is -3.08. The molecule has 0 aliphatic heterocycles. The molecule has 138 valence electrons. The van der Waals surface area contributed by atoms with Crippen molar-refractivity contribution in [3.63, 3.8) is 0 Å². The Labute approximate surface area is 158 Å². The van der Waals surface area contributed by atoms with Gasteiger partial charge in [-0.15, -0.1) is 0 Å². The van der Waals surface area contributed by atoms with E-state index in [1.165, 1.54) is 24.0 Å². The fraction of sp³-hybridized carbons (Fsp3) is 0.273. The standard InChI is InChI=1S/C22H23N3O2/c1-25-14-19(18-8-4-5-9-20(18)25)22(27)24-23-21(26)13-15-10-11-16-6-2-3-7-17(16)12-15/h4-5,8-12,14H,2-3,6-7,13H2,1H3,(H,23,26)(H,24,27). The van der Waals surface area contributed by atoms with Crippen molar-refractivity contribution < 1.29 is 9.59 Å². The number of benzene rings is 2. The van der Waals surface area contributed by atoms with E-state index >= 15 is 0 Å². The van der Waals surface area contributed by atoms with Crippen LogP contribution in [0.2, 0.25) is 0 Å². The van der Waals surface area contributed by atoms with Crippen molar-refractivity contribution in [1.82, 2.24) is 15.4 Å². The number of nitrogens with zero attached hydrogens (tertiary/aromatic N) is 1. The first-order valence-electron chi connectivity index (χ1n) is 9.36. The van der Waals surface area contributed by atoms with Gasteiger partial charge in [0.05, 0.1) is 12.0 Å². The van der Waals surface area contributed by atoms with E-state index in [0.29, 0.717) is 5.56 Å². The Morgan fingerprint density at radius 3 is 2.63 bits per heavy atom. The molecule has 1 heterocycles. The van der Waals surface area contributed by atoms with Crippen LogP contribution in [0.25, 0.3) is 10.9 Å². The van der Waals surface area contributed by atoms with Gasteiger partial charge in [-0.3, -0.25) is 20.4 Å². The number of rotatable bonds is 3. The zero-order valence-corrected chi connectivity index (χ0v) is 15.4. The Morgan fingerprint density at radius 2 is 1.78 bits per heavy atom. The van der Waals surface area contributed by atoms with E-state index in [4.69, 9.17) is 0 Å². The van der Waals surface area contributed by atoms with Crippen LogP contribution < -0.4 is 10.9 Å². The highest BCUT2D eigenvalue weighted by Gasteiger charge is 2.15. The Bertz CT molecular complexity index is 1020. The van der Waals surface area contributed by atoms with Crippen molar-refractivity contribution >= 4 is 22.7 Å². The highest BCUT2D eigenvalue weighted by molar-refractivity contribution is 6.07. The predicted molar refractivity (Wildman–Crippen MR) is 105 cm³/mol. The molecule has 0 spiro atoms. The average molecular weight is 361 g/mol. The molecule has 3 aromatic rings. The summed E-state index contributed by atoms with van der Waals surface area (Å²) >= 11 is 0. The molecular weight excluding hydrogens is 338 g/mol. The molecule has 0 saturated heterocycles. The monoisotopic (exact) mass is 361 g/mol. The number of aryl methyl sites for hydroxylation is 3. The van der Waals surface area contributed by atoms with Crippen LogP contribution in [0.15, 0.2) is 48.7 Å². The number of amides is 2. The number of nitrogens with one attached hydrogen (secondary N) is 2. The van der Waals surface area contributed by atoms with Gasteiger partial charge in [0.15, 0.2) is 0 Å². The van der Waals surface area contributed by atoms with Crippen molar-refractivity contribution in [3.8, 4) is 0 Å². The lowest BCUT2D eigenvalue weighted by Gasteiger charge is -2.16. The molecule has 0 saturated carbocycles. The third-order valence-corrected chi connectivity index (χ3v) is 5.23. The fourth-order valence-corrected chi connectivity index (χ4v) is 3.84. The van der Waals surface area contributed by atoms with Gasteiger partial charge in [0.1, 0.15) is 0 Å². The number of para-hydroxylation sites is 1. The lowest BCUT2D eigenvalue weighted by atomic mass is 9.90. The van der Waals surface area contributed by atoms with Gasteiger partial charge in [0.25, 0.3) is 5.91 Å². The minimum Gasteiger partial charge on any atom is -0.350 e. The van der Waals surface area contributed by atoms with Crippen molar-refractivity contribution in [2.24, 2.45) is 7.05 Å². The summed E-state index contributed by atoms with van der Waals surface area (Å²) in [4.78, 5) is 24.7. The van der Waals surface area contributed by atoms with E-state index in [-0.39, 0.29) is 18.2 Å². The molecule has 5 nitrogen and oxygen atoms in total. The molecule has 1 aliphatic rings. The fourth-order valence-electron chi connectivity index (χ4n) is 3.84. The van der Waals surface area contributed by atoms with E-state index in [2.05, 4.69) is 23.0 Å². The van der Waals surface area contributed by atoms with Crippen molar-refractivity contribution in [2.75, 3.05) is 0 Å². The Morgan fingerprint density at radius 1 is 1.00 bits per heavy atom. The topological polar surface area (TPSA) is 63.1 Å². The quantitative estimate of drug-likeness (QED) is 0.704. The molecule has 1 aromatic heterocycles. The van der Waals surface area contributed by atoms with Crippen LogP contribution >= 0.6 is 0 Å². The van der Waals surface area contributed by atoms with Crippen LogP contribution in [-0.4, -0.2) is 16.4 Å². The number of hydrogen-bond donors (Lipinski definition) is 2. The van der Waals surface area contributed by atoms with E-state index in [1.807, 2.05) is 41.9 Å². The molecule has 0 unspecified atom stereocenters. The van der Waals surface area contributed by atoms with E-state index in [9.17, 15) is 9.59 Å². The third-order valence-electron chi connectivity index (χ3n) is 5.23. The highest BCUT2D eigenvalue weighted by atomic mass is 16.2. The second-order valence-electron chi connectivity index (χ2n) is 7.16. The SMILES string of the molecule is Cn1cc(C(=O)NNC(=O)Cc2ccc3c(c2)CCCC3)c2ccccc21. The summed E-state index contributed by atoms with van der Waals surface area (Å²) in [6.45, 7) is 0. The smallest absolute Gasteiger partial charge is 0.271 e. The van der Waals surface area contributed by atoms with E-state index in [1.54, 1.807) is 6.20 Å². The maximum atomic E-state index is 12.5. The first-order chi connectivity index (χ1) is 13.1. The van der Waals surface area contributed by atoms with E-state index in [0.717, 1.165) is 29.3 Å². The van der Waals surface area contributed by atoms with Gasteiger partial charge in [-0.05, 0) is 48.4 Å². The minimum atomic E-state index is -0.314. The number of carbonyl (C=O) groups is 2. The second kappa shape index (κ2) is 7.27. The van der Waals surface area contributed by atoms with Crippen LogP contribution in [0, 0.1) is 0 Å². The number of hydrogen-bond acceptors (Lipinski definition) is 2. The third kappa shape index (κ3) is 3.58. The molecule has 0 radical (unpaired) electrons. The molecule has 0 bridgehead atoms. The maximum Gasteiger partial charge on any atom is 0.271 e. The predicted octanol–water partition coefficient (Wildman–Crippen LogP) is 3.06. The summed E-state index contributed by atoms with van der Waals surface area (Å²) in [5.74, 6) is -0.537. The molecule has 0 atom stereocenters. The minimum absolute atomic E-state index is 0.223. The van der Waals surface area contributed by atoms with Gasteiger partial charge >= 0.3 is 0 Å². The lowest BCUT2D eigenvalue weighted by Crippen LogP contribution is -2.42.